The number of carbonyl (C=O) groups excluding carboxylic acids is 2. The molecule has 0 unspecified atom stereocenters. The molecule has 4 aromatic rings. The lowest BCUT2D eigenvalue weighted by atomic mass is 10.1. The number of hydrogen-bond donors (Lipinski definition) is 2. The number of oxazole rings is 2. The second-order valence-electron chi connectivity index (χ2n) is 7.36. The van der Waals surface area contributed by atoms with E-state index in [-0.39, 0.29) is 23.2 Å². The van der Waals surface area contributed by atoms with Gasteiger partial charge >= 0.3 is 0 Å². The minimum atomic E-state index is -0.268. The summed E-state index contributed by atoms with van der Waals surface area (Å²) >= 11 is 0. The van der Waals surface area contributed by atoms with Gasteiger partial charge in [0.25, 0.3) is 11.8 Å². The average molecular weight is 444 g/mol. The van der Waals surface area contributed by atoms with E-state index in [1.54, 1.807) is 0 Å². The lowest BCUT2D eigenvalue weighted by Crippen LogP contribution is -2.26. The van der Waals surface area contributed by atoms with Crippen molar-refractivity contribution in [3.8, 4) is 22.6 Å². The van der Waals surface area contributed by atoms with Crippen LogP contribution in [0, 0.1) is 0 Å². The van der Waals surface area contributed by atoms with E-state index in [1.165, 1.54) is 12.8 Å². The average Bonchev–Trinajstić information content (AvgIpc) is 3.54. The van der Waals surface area contributed by atoms with Crippen molar-refractivity contribution in [3.05, 3.63) is 84.8 Å². The van der Waals surface area contributed by atoms with Crippen LogP contribution in [0.3, 0.4) is 0 Å². The third-order valence-electron chi connectivity index (χ3n) is 5.06. The molecule has 8 nitrogen and oxygen atoms in total. The van der Waals surface area contributed by atoms with Crippen LogP contribution in [0.1, 0.15) is 40.2 Å². The number of carbonyl (C=O) groups is 2. The molecule has 0 bridgehead atoms. The number of benzene rings is 2. The fourth-order valence-corrected chi connectivity index (χ4v) is 3.40. The van der Waals surface area contributed by atoms with Gasteiger partial charge in [0.1, 0.15) is 0 Å². The summed E-state index contributed by atoms with van der Waals surface area (Å²) in [5.41, 5.74) is 2.16. The van der Waals surface area contributed by atoms with E-state index in [2.05, 4.69) is 20.6 Å². The second-order valence-corrected chi connectivity index (χ2v) is 7.36. The number of aromatic nitrogens is 2. The van der Waals surface area contributed by atoms with Gasteiger partial charge in [0.05, 0.1) is 0 Å². The summed E-state index contributed by atoms with van der Waals surface area (Å²) in [6, 6.07) is 18.8. The Balaban J connectivity index is 1.17. The molecule has 0 aliphatic carbocycles. The Morgan fingerprint density at radius 1 is 0.636 bits per heavy atom. The number of amides is 2. The molecule has 4 rings (SSSR count). The van der Waals surface area contributed by atoms with Gasteiger partial charge in [-0.1, -0.05) is 60.7 Å². The van der Waals surface area contributed by atoms with Gasteiger partial charge in [-0.05, 0) is 19.3 Å². The first-order valence-corrected chi connectivity index (χ1v) is 10.8. The Morgan fingerprint density at radius 2 is 1.06 bits per heavy atom. The number of hydrogen-bond acceptors (Lipinski definition) is 6. The molecule has 0 saturated carbocycles. The van der Waals surface area contributed by atoms with E-state index in [1.807, 2.05) is 60.7 Å². The van der Waals surface area contributed by atoms with Gasteiger partial charge in [-0.3, -0.25) is 9.59 Å². The Labute approximate surface area is 191 Å². The first kappa shape index (κ1) is 22.0. The fourth-order valence-electron chi connectivity index (χ4n) is 3.40. The third-order valence-corrected chi connectivity index (χ3v) is 5.06. The van der Waals surface area contributed by atoms with E-state index in [9.17, 15) is 9.59 Å². The number of nitrogens with zero attached hydrogens (tertiary/aromatic N) is 2. The molecule has 2 heterocycles. The van der Waals surface area contributed by atoms with Crippen LogP contribution in [0.5, 0.6) is 0 Å². The summed E-state index contributed by atoms with van der Waals surface area (Å²) in [6.07, 6.45) is 4.95. The molecule has 33 heavy (non-hydrogen) atoms. The standard InChI is InChI=1S/C25H24N4O4/c30-24(20-22(32-16-28-20)18-10-4-1-5-11-18)26-14-8-3-9-15-27-25(31)21-23(33-17-29-21)19-12-6-2-7-13-19/h1-2,4-7,10-13,16-17H,3,8-9,14-15H2,(H,26,30)(H,27,31). The quantitative estimate of drug-likeness (QED) is 0.352. The van der Waals surface area contributed by atoms with Gasteiger partial charge < -0.3 is 19.5 Å². The van der Waals surface area contributed by atoms with Crippen molar-refractivity contribution in [2.45, 2.75) is 19.3 Å². The topological polar surface area (TPSA) is 110 Å². The number of rotatable bonds is 10. The predicted molar refractivity (Wildman–Crippen MR) is 122 cm³/mol. The Morgan fingerprint density at radius 3 is 1.48 bits per heavy atom. The van der Waals surface area contributed by atoms with E-state index in [0.29, 0.717) is 24.6 Å². The third kappa shape index (κ3) is 5.54. The molecule has 2 aromatic carbocycles. The molecule has 168 valence electrons. The minimum Gasteiger partial charge on any atom is -0.443 e. The molecular formula is C25H24N4O4. The summed E-state index contributed by atoms with van der Waals surface area (Å²) in [5, 5.41) is 5.74. The van der Waals surface area contributed by atoms with Crippen LogP contribution in [0.4, 0.5) is 0 Å². The highest BCUT2D eigenvalue weighted by Gasteiger charge is 2.18. The minimum absolute atomic E-state index is 0.268. The van der Waals surface area contributed by atoms with Crippen molar-refractivity contribution < 1.29 is 18.4 Å². The van der Waals surface area contributed by atoms with Crippen LogP contribution in [-0.2, 0) is 0 Å². The van der Waals surface area contributed by atoms with Crippen molar-refractivity contribution in [2.24, 2.45) is 0 Å². The maximum Gasteiger partial charge on any atom is 0.273 e. The van der Waals surface area contributed by atoms with Crippen molar-refractivity contribution in [3.63, 3.8) is 0 Å². The zero-order chi connectivity index (χ0) is 22.9. The zero-order valence-corrected chi connectivity index (χ0v) is 18.0. The van der Waals surface area contributed by atoms with Crippen LogP contribution >= 0.6 is 0 Å². The van der Waals surface area contributed by atoms with Crippen LogP contribution in [0.15, 0.2) is 82.3 Å². The molecule has 0 saturated heterocycles. The summed E-state index contributed by atoms with van der Waals surface area (Å²) in [4.78, 5) is 33.0. The lowest BCUT2D eigenvalue weighted by Gasteiger charge is -2.06. The van der Waals surface area contributed by atoms with Gasteiger partial charge in [0.15, 0.2) is 35.7 Å². The van der Waals surface area contributed by atoms with Crippen LogP contribution in [-0.4, -0.2) is 34.9 Å². The van der Waals surface area contributed by atoms with Crippen LogP contribution in [0.25, 0.3) is 22.6 Å². The monoisotopic (exact) mass is 444 g/mol. The van der Waals surface area contributed by atoms with E-state index < -0.39 is 0 Å². The van der Waals surface area contributed by atoms with Gasteiger partial charge in [-0.25, -0.2) is 9.97 Å². The van der Waals surface area contributed by atoms with Gasteiger partial charge in [-0.15, -0.1) is 0 Å². The largest absolute Gasteiger partial charge is 0.443 e. The van der Waals surface area contributed by atoms with Crippen molar-refractivity contribution in [1.82, 2.24) is 20.6 Å². The molecule has 0 radical (unpaired) electrons. The Bertz CT molecular complexity index is 1090. The van der Waals surface area contributed by atoms with Crippen molar-refractivity contribution in [2.75, 3.05) is 13.1 Å². The predicted octanol–water partition coefficient (Wildman–Crippen LogP) is 4.33. The fraction of sp³-hybridized carbons (Fsp3) is 0.200. The summed E-state index contributed by atoms with van der Waals surface area (Å²) in [6.45, 7) is 1.02. The molecule has 2 amide bonds. The smallest absolute Gasteiger partial charge is 0.273 e. The SMILES string of the molecule is O=C(NCCCCCNC(=O)c1ncoc1-c1ccccc1)c1ncoc1-c1ccccc1. The van der Waals surface area contributed by atoms with E-state index in [0.717, 1.165) is 30.4 Å². The number of unbranched alkanes of at least 4 members (excludes halogenated alkanes) is 2. The molecule has 0 aliphatic heterocycles. The molecular weight excluding hydrogens is 420 g/mol. The van der Waals surface area contributed by atoms with Crippen molar-refractivity contribution >= 4 is 11.8 Å². The normalized spacial score (nSPS) is 10.7. The molecule has 0 aliphatic rings. The Kier molecular flexibility index (Phi) is 7.27. The lowest BCUT2D eigenvalue weighted by molar-refractivity contribution is 0.0943. The molecule has 8 heteroatoms. The summed E-state index contributed by atoms with van der Waals surface area (Å²) in [5.74, 6) is 0.378. The van der Waals surface area contributed by atoms with Crippen molar-refractivity contribution in [1.29, 1.82) is 0 Å². The first-order valence-electron chi connectivity index (χ1n) is 10.8. The molecule has 0 fully saturated rings. The summed E-state index contributed by atoms with van der Waals surface area (Å²) < 4.78 is 10.8. The first-order chi connectivity index (χ1) is 16.2. The van der Waals surface area contributed by atoms with E-state index in [4.69, 9.17) is 8.83 Å². The highest BCUT2D eigenvalue weighted by molar-refractivity contribution is 5.98. The second kappa shape index (κ2) is 10.9. The van der Waals surface area contributed by atoms with Gasteiger partial charge in [0.2, 0.25) is 0 Å². The highest BCUT2D eigenvalue weighted by atomic mass is 16.3. The highest BCUT2D eigenvalue weighted by Crippen LogP contribution is 2.23. The Hall–Kier alpha value is -4.20. The van der Waals surface area contributed by atoms with Crippen LogP contribution < -0.4 is 10.6 Å². The maximum atomic E-state index is 12.5. The zero-order valence-electron chi connectivity index (χ0n) is 18.0. The molecule has 0 spiro atoms. The molecule has 0 atom stereocenters. The number of nitrogens with one attached hydrogen (secondary N) is 2. The molecule has 2 N–H and O–H groups in total. The van der Waals surface area contributed by atoms with Crippen LogP contribution in [0.2, 0.25) is 0 Å². The summed E-state index contributed by atoms with van der Waals surface area (Å²) in [7, 11) is 0. The maximum absolute atomic E-state index is 12.5. The van der Waals surface area contributed by atoms with E-state index >= 15 is 0 Å². The van der Waals surface area contributed by atoms with Gasteiger partial charge in [0, 0.05) is 24.2 Å². The van der Waals surface area contributed by atoms with Gasteiger partial charge in [-0.2, -0.15) is 0 Å². The molecule has 2 aromatic heterocycles.